The topological polar surface area (TPSA) is 56.5 Å². The van der Waals surface area contributed by atoms with Crippen molar-refractivity contribution in [1.82, 2.24) is 25.0 Å². The van der Waals surface area contributed by atoms with Crippen LogP contribution in [0.5, 0.6) is 0 Å². The third kappa shape index (κ3) is 1.91. The Labute approximate surface area is 137 Å². The molecule has 0 N–H and O–H groups in total. The predicted octanol–water partition coefficient (Wildman–Crippen LogP) is 3.55. The van der Waals surface area contributed by atoms with Gasteiger partial charge in [-0.15, -0.1) is 16.4 Å². The minimum absolute atomic E-state index is 0.709. The molecule has 0 saturated carbocycles. The first kappa shape index (κ1) is 13.1. The largest absolute Gasteiger partial charge is 0.225 e. The van der Waals surface area contributed by atoms with E-state index in [1.165, 1.54) is 16.9 Å². The lowest BCUT2D eigenvalue weighted by atomic mass is 9.88. The molecule has 23 heavy (non-hydrogen) atoms. The van der Waals surface area contributed by atoms with Crippen LogP contribution in [0.15, 0.2) is 30.6 Å². The van der Waals surface area contributed by atoms with Crippen molar-refractivity contribution in [1.29, 1.82) is 0 Å². The van der Waals surface area contributed by atoms with Gasteiger partial charge in [0, 0.05) is 4.88 Å². The molecular weight excluding hydrogens is 306 g/mol. The lowest BCUT2D eigenvalue weighted by Crippen LogP contribution is -2.10. The van der Waals surface area contributed by atoms with Crippen molar-refractivity contribution >= 4 is 32.6 Å². The Morgan fingerprint density at radius 3 is 3.09 bits per heavy atom. The molecule has 1 aliphatic rings. The van der Waals surface area contributed by atoms with Gasteiger partial charge in [0.15, 0.2) is 5.82 Å². The number of nitrogens with zero attached hydrogens (tertiary/aromatic N) is 5. The van der Waals surface area contributed by atoms with E-state index in [1.807, 2.05) is 28.9 Å². The maximum atomic E-state index is 4.56. The molecule has 3 heterocycles. The molecule has 0 saturated heterocycles. The summed E-state index contributed by atoms with van der Waals surface area (Å²) >= 11 is 1.81. The monoisotopic (exact) mass is 321 g/mol. The van der Waals surface area contributed by atoms with Gasteiger partial charge in [-0.25, -0.2) is 9.97 Å². The third-order valence-corrected chi connectivity index (χ3v) is 5.82. The number of thiophene rings is 1. The van der Waals surface area contributed by atoms with E-state index in [2.05, 4.69) is 27.2 Å². The Morgan fingerprint density at radius 1 is 1.22 bits per heavy atom. The minimum atomic E-state index is 0.709. The van der Waals surface area contributed by atoms with Crippen LogP contribution in [0.1, 0.15) is 23.8 Å². The number of rotatable bonds is 1. The van der Waals surface area contributed by atoms with Gasteiger partial charge in [-0.05, 0) is 42.9 Å². The van der Waals surface area contributed by atoms with Crippen molar-refractivity contribution < 1.29 is 0 Å². The molecule has 0 unspecified atom stereocenters. The zero-order valence-electron chi connectivity index (χ0n) is 12.7. The maximum absolute atomic E-state index is 4.56. The number of para-hydroxylation sites is 1. The molecule has 0 radical (unpaired) electrons. The molecule has 0 fully saturated rings. The van der Waals surface area contributed by atoms with E-state index in [1.54, 1.807) is 17.7 Å². The van der Waals surface area contributed by atoms with Gasteiger partial charge in [-0.2, -0.15) is 4.68 Å². The van der Waals surface area contributed by atoms with Crippen molar-refractivity contribution in [3.05, 3.63) is 41.0 Å². The van der Waals surface area contributed by atoms with Crippen molar-refractivity contribution in [3.63, 3.8) is 0 Å². The van der Waals surface area contributed by atoms with Crippen molar-refractivity contribution in [2.24, 2.45) is 5.92 Å². The minimum Gasteiger partial charge on any atom is -0.225 e. The summed E-state index contributed by atoms with van der Waals surface area (Å²) in [7, 11) is 0. The zero-order valence-corrected chi connectivity index (χ0v) is 13.5. The van der Waals surface area contributed by atoms with Crippen LogP contribution < -0.4 is 0 Å². The highest BCUT2D eigenvalue weighted by molar-refractivity contribution is 7.18. The van der Waals surface area contributed by atoms with Gasteiger partial charge in [0.25, 0.3) is 0 Å². The number of hydrogen-bond acceptors (Lipinski definition) is 5. The predicted molar refractivity (Wildman–Crippen MR) is 91.0 cm³/mol. The van der Waals surface area contributed by atoms with Crippen LogP contribution in [-0.2, 0) is 12.8 Å². The third-order valence-electron chi connectivity index (χ3n) is 4.62. The molecule has 0 aliphatic heterocycles. The summed E-state index contributed by atoms with van der Waals surface area (Å²) in [6, 6.07) is 7.99. The molecule has 5 nitrogen and oxygen atoms in total. The van der Waals surface area contributed by atoms with Crippen LogP contribution in [0.25, 0.3) is 27.1 Å². The highest BCUT2D eigenvalue weighted by atomic mass is 32.1. The zero-order chi connectivity index (χ0) is 15.4. The molecule has 5 rings (SSSR count). The first-order chi connectivity index (χ1) is 11.3. The molecule has 0 bridgehead atoms. The summed E-state index contributed by atoms with van der Waals surface area (Å²) in [5.74, 6) is 1.57. The summed E-state index contributed by atoms with van der Waals surface area (Å²) in [5.41, 5.74) is 3.28. The first-order valence-corrected chi connectivity index (χ1v) is 8.69. The molecule has 6 heteroatoms. The molecule has 0 spiro atoms. The van der Waals surface area contributed by atoms with E-state index in [4.69, 9.17) is 0 Å². The number of fused-ring (bicyclic) bond motifs is 4. The van der Waals surface area contributed by atoms with E-state index in [0.717, 1.165) is 39.9 Å². The van der Waals surface area contributed by atoms with E-state index in [-0.39, 0.29) is 0 Å². The van der Waals surface area contributed by atoms with Crippen LogP contribution in [0, 0.1) is 5.92 Å². The van der Waals surface area contributed by atoms with E-state index in [0.29, 0.717) is 5.92 Å². The van der Waals surface area contributed by atoms with Gasteiger partial charge in [0.1, 0.15) is 16.7 Å². The van der Waals surface area contributed by atoms with Gasteiger partial charge in [-0.3, -0.25) is 0 Å². The average molecular weight is 321 g/mol. The summed E-state index contributed by atoms with van der Waals surface area (Å²) in [6.45, 7) is 2.32. The van der Waals surface area contributed by atoms with Gasteiger partial charge >= 0.3 is 0 Å². The van der Waals surface area contributed by atoms with Crippen LogP contribution >= 0.6 is 11.3 Å². The van der Waals surface area contributed by atoms with E-state index >= 15 is 0 Å². The van der Waals surface area contributed by atoms with Crippen LogP contribution in [0.4, 0.5) is 0 Å². The number of aromatic nitrogens is 5. The normalized spacial score (nSPS) is 17.7. The second kappa shape index (κ2) is 4.83. The van der Waals surface area contributed by atoms with E-state index in [9.17, 15) is 0 Å². The smallest absolute Gasteiger partial charge is 0.168 e. The number of benzene rings is 1. The molecule has 114 valence electrons. The van der Waals surface area contributed by atoms with Gasteiger partial charge in [0.2, 0.25) is 0 Å². The van der Waals surface area contributed by atoms with E-state index < -0.39 is 0 Å². The Kier molecular flexibility index (Phi) is 2.76. The lowest BCUT2D eigenvalue weighted by Gasteiger charge is -2.18. The number of aryl methyl sites for hydroxylation is 1. The Morgan fingerprint density at radius 2 is 2.13 bits per heavy atom. The lowest BCUT2D eigenvalue weighted by molar-refractivity contribution is 0.508. The molecule has 1 aliphatic carbocycles. The highest BCUT2D eigenvalue weighted by Gasteiger charge is 2.24. The summed E-state index contributed by atoms with van der Waals surface area (Å²) in [4.78, 5) is 11.6. The molecule has 1 atom stereocenters. The van der Waals surface area contributed by atoms with Crippen LogP contribution in [-0.4, -0.2) is 25.0 Å². The molecule has 3 aromatic heterocycles. The Hall–Kier alpha value is -2.34. The van der Waals surface area contributed by atoms with Crippen LogP contribution in [0.2, 0.25) is 0 Å². The quantitative estimate of drug-likeness (QED) is 0.538. The fourth-order valence-corrected chi connectivity index (χ4v) is 4.63. The van der Waals surface area contributed by atoms with Gasteiger partial charge < -0.3 is 0 Å². The fraction of sp³-hybridized carbons (Fsp3) is 0.294. The fourth-order valence-electron chi connectivity index (χ4n) is 3.45. The molecular formula is C17H15N5S. The average Bonchev–Trinajstić information content (AvgIpc) is 3.15. The number of hydrogen-bond donors (Lipinski definition) is 0. The molecule has 0 amide bonds. The summed E-state index contributed by atoms with van der Waals surface area (Å²) < 4.78 is 1.85. The van der Waals surface area contributed by atoms with Crippen molar-refractivity contribution in [3.8, 4) is 5.82 Å². The van der Waals surface area contributed by atoms with Crippen molar-refractivity contribution in [2.45, 2.75) is 26.2 Å². The Balaban J connectivity index is 1.83. The molecule has 1 aromatic carbocycles. The standard InChI is InChI=1S/C17H15N5S/c1-10-6-7-14-11(8-10)15-16(18-9-19-17(15)23-14)22-13-5-3-2-4-12(13)20-21-22/h2-5,9-10H,6-8H2,1H3/t10-/m0/s1. The summed E-state index contributed by atoms with van der Waals surface area (Å²) in [5, 5.41) is 9.78. The SMILES string of the molecule is C[C@H]1CCc2sc3ncnc(-n4nnc5ccccc54)c3c2C1. The second-order valence-electron chi connectivity index (χ2n) is 6.22. The van der Waals surface area contributed by atoms with Gasteiger partial charge in [0.05, 0.1) is 10.9 Å². The van der Waals surface area contributed by atoms with Gasteiger partial charge in [-0.1, -0.05) is 24.3 Å². The Bertz CT molecular complexity index is 1030. The second-order valence-corrected chi connectivity index (χ2v) is 7.30. The first-order valence-electron chi connectivity index (χ1n) is 7.87. The summed E-state index contributed by atoms with van der Waals surface area (Å²) in [6.07, 6.45) is 5.14. The van der Waals surface area contributed by atoms with Crippen LogP contribution in [0.3, 0.4) is 0 Å². The van der Waals surface area contributed by atoms with Crippen molar-refractivity contribution in [2.75, 3.05) is 0 Å². The molecule has 4 aromatic rings. The highest BCUT2D eigenvalue weighted by Crippen LogP contribution is 2.39. The maximum Gasteiger partial charge on any atom is 0.168 e.